The van der Waals surface area contributed by atoms with Crippen LogP contribution in [0.1, 0.15) is 32.3 Å². The molecule has 108 valence electrons. The lowest BCUT2D eigenvalue weighted by Crippen LogP contribution is -2.32. The van der Waals surface area contributed by atoms with E-state index in [1.165, 1.54) is 10.9 Å². The van der Waals surface area contributed by atoms with Crippen molar-refractivity contribution in [3.8, 4) is 0 Å². The minimum Gasteiger partial charge on any atom is -0.392 e. The van der Waals surface area contributed by atoms with Gasteiger partial charge in [-0.15, -0.1) is 0 Å². The lowest BCUT2D eigenvalue weighted by Gasteiger charge is -2.20. The van der Waals surface area contributed by atoms with E-state index in [1.54, 1.807) is 0 Å². The first-order valence-electron chi connectivity index (χ1n) is 7.46. The maximum absolute atomic E-state index is 10.1. The molecule has 1 aromatic heterocycles. The number of pyridine rings is 1. The van der Waals surface area contributed by atoms with E-state index < -0.39 is 0 Å². The van der Waals surface area contributed by atoms with E-state index in [0.717, 1.165) is 24.8 Å². The predicted octanol–water partition coefficient (Wildman–Crippen LogP) is 3.12. The van der Waals surface area contributed by atoms with Gasteiger partial charge in [0.15, 0.2) is 0 Å². The topological polar surface area (TPSA) is 45.1 Å². The second-order valence-electron chi connectivity index (χ2n) is 5.29. The third-order valence-electron chi connectivity index (χ3n) is 4.03. The van der Waals surface area contributed by atoms with Crippen LogP contribution in [0.5, 0.6) is 0 Å². The first kappa shape index (κ1) is 14.9. The Morgan fingerprint density at radius 1 is 1.20 bits per heavy atom. The van der Waals surface area contributed by atoms with Crippen LogP contribution < -0.4 is 5.32 Å². The van der Waals surface area contributed by atoms with Gasteiger partial charge in [-0.05, 0) is 22.9 Å². The molecule has 20 heavy (non-hydrogen) atoms. The Bertz CT molecular complexity index is 532. The Morgan fingerprint density at radius 3 is 2.75 bits per heavy atom. The van der Waals surface area contributed by atoms with Gasteiger partial charge in [0.2, 0.25) is 0 Å². The molecule has 2 aromatic rings. The summed E-state index contributed by atoms with van der Waals surface area (Å²) in [6, 6.07) is 8.30. The molecule has 0 aliphatic heterocycles. The third kappa shape index (κ3) is 3.56. The highest BCUT2D eigenvalue weighted by molar-refractivity contribution is 5.84. The van der Waals surface area contributed by atoms with Crippen LogP contribution in [0.4, 0.5) is 0 Å². The molecule has 3 heteroatoms. The number of fused-ring (bicyclic) bond motifs is 1. The summed E-state index contributed by atoms with van der Waals surface area (Å²) in [6.07, 6.45) is 5.50. The molecule has 3 nitrogen and oxygen atoms in total. The largest absolute Gasteiger partial charge is 0.392 e. The molecule has 0 radical (unpaired) electrons. The van der Waals surface area contributed by atoms with Crippen LogP contribution in [-0.4, -0.2) is 22.7 Å². The van der Waals surface area contributed by atoms with Gasteiger partial charge < -0.3 is 10.4 Å². The highest BCUT2D eigenvalue weighted by Crippen LogP contribution is 2.17. The van der Waals surface area contributed by atoms with Crippen molar-refractivity contribution in [2.45, 2.75) is 39.3 Å². The maximum Gasteiger partial charge on any atom is 0.0692 e. The van der Waals surface area contributed by atoms with Crippen molar-refractivity contribution in [3.05, 3.63) is 42.2 Å². The third-order valence-corrected chi connectivity index (χ3v) is 4.03. The Balaban J connectivity index is 1.96. The normalized spacial score (nSPS) is 13.0. The summed E-state index contributed by atoms with van der Waals surface area (Å²) >= 11 is 0. The second kappa shape index (κ2) is 7.36. The number of aliphatic hydroxyl groups is 1. The van der Waals surface area contributed by atoms with Gasteiger partial charge in [0.25, 0.3) is 0 Å². The van der Waals surface area contributed by atoms with Gasteiger partial charge >= 0.3 is 0 Å². The van der Waals surface area contributed by atoms with Gasteiger partial charge in [0.1, 0.15) is 0 Å². The fourth-order valence-electron chi connectivity index (χ4n) is 2.70. The second-order valence-corrected chi connectivity index (χ2v) is 5.29. The number of aromatic nitrogens is 1. The number of rotatable bonds is 7. The van der Waals surface area contributed by atoms with Crippen molar-refractivity contribution in [3.63, 3.8) is 0 Å². The molecule has 0 aliphatic carbocycles. The van der Waals surface area contributed by atoms with Crippen LogP contribution in [0.15, 0.2) is 36.7 Å². The number of nitrogens with one attached hydrogen (secondary N) is 1. The molecule has 2 rings (SSSR count). The SMILES string of the molecule is CCC(CC)C(O)CNCc1cccc2cnccc12. The van der Waals surface area contributed by atoms with Crippen molar-refractivity contribution in [1.82, 2.24) is 10.3 Å². The monoisotopic (exact) mass is 272 g/mol. The molecule has 0 aliphatic rings. The van der Waals surface area contributed by atoms with Crippen LogP contribution in [-0.2, 0) is 6.54 Å². The average Bonchev–Trinajstić information content (AvgIpc) is 2.49. The van der Waals surface area contributed by atoms with Crippen LogP contribution >= 0.6 is 0 Å². The van der Waals surface area contributed by atoms with Gasteiger partial charge in [-0.3, -0.25) is 4.98 Å². The van der Waals surface area contributed by atoms with Crippen LogP contribution in [0, 0.1) is 5.92 Å². The first-order valence-corrected chi connectivity index (χ1v) is 7.46. The summed E-state index contributed by atoms with van der Waals surface area (Å²) in [4.78, 5) is 4.15. The molecule has 1 atom stereocenters. The molecule has 1 heterocycles. The van der Waals surface area contributed by atoms with Crippen LogP contribution in [0.2, 0.25) is 0 Å². The van der Waals surface area contributed by atoms with Crippen LogP contribution in [0.25, 0.3) is 10.8 Å². The molecule has 1 unspecified atom stereocenters. The molecule has 0 amide bonds. The summed E-state index contributed by atoms with van der Waals surface area (Å²) in [5.74, 6) is 0.388. The van der Waals surface area contributed by atoms with Gasteiger partial charge in [-0.2, -0.15) is 0 Å². The molecule has 0 saturated carbocycles. The summed E-state index contributed by atoms with van der Waals surface area (Å²) in [7, 11) is 0. The van der Waals surface area contributed by atoms with Gasteiger partial charge in [-0.25, -0.2) is 0 Å². The van der Waals surface area contributed by atoms with E-state index in [1.807, 2.05) is 18.5 Å². The Labute approximate surface area is 121 Å². The lowest BCUT2D eigenvalue weighted by molar-refractivity contribution is 0.101. The van der Waals surface area contributed by atoms with E-state index in [2.05, 4.69) is 42.3 Å². The fraction of sp³-hybridized carbons (Fsp3) is 0.471. The molecular formula is C17H24N2O. The quantitative estimate of drug-likeness (QED) is 0.814. The molecule has 0 saturated heterocycles. The smallest absolute Gasteiger partial charge is 0.0692 e. The highest BCUT2D eigenvalue weighted by atomic mass is 16.3. The van der Waals surface area contributed by atoms with Crippen molar-refractivity contribution in [2.24, 2.45) is 5.92 Å². The van der Waals surface area contributed by atoms with Gasteiger partial charge in [-0.1, -0.05) is 44.9 Å². The number of aliphatic hydroxyl groups excluding tert-OH is 1. The summed E-state index contributed by atoms with van der Waals surface area (Å²) in [5, 5.41) is 15.9. The van der Waals surface area contributed by atoms with Crippen molar-refractivity contribution >= 4 is 10.8 Å². The number of hydrogen-bond acceptors (Lipinski definition) is 3. The zero-order valence-corrected chi connectivity index (χ0v) is 12.3. The average molecular weight is 272 g/mol. The lowest BCUT2D eigenvalue weighted by atomic mass is 9.96. The molecule has 0 fully saturated rings. The van der Waals surface area contributed by atoms with Crippen molar-refractivity contribution in [1.29, 1.82) is 0 Å². The number of benzene rings is 1. The standard InChI is InChI=1S/C17H24N2O/c1-3-13(4-2)17(20)12-19-11-15-7-5-6-14-10-18-9-8-16(14)15/h5-10,13,17,19-20H,3-4,11-12H2,1-2H3. The number of hydrogen-bond donors (Lipinski definition) is 2. The minimum atomic E-state index is -0.262. The highest BCUT2D eigenvalue weighted by Gasteiger charge is 2.14. The van der Waals surface area contributed by atoms with Crippen LogP contribution in [0.3, 0.4) is 0 Å². The molecular weight excluding hydrogens is 248 g/mol. The molecule has 0 spiro atoms. The molecule has 2 N–H and O–H groups in total. The summed E-state index contributed by atoms with van der Waals surface area (Å²) in [5.41, 5.74) is 1.25. The first-order chi connectivity index (χ1) is 9.76. The maximum atomic E-state index is 10.1. The van der Waals surface area contributed by atoms with Gasteiger partial charge in [0.05, 0.1) is 6.10 Å². The minimum absolute atomic E-state index is 0.262. The van der Waals surface area contributed by atoms with E-state index in [-0.39, 0.29) is 6.10 Å². The van der Waals surface area contributed by atoms with E-state index in [0.29, 0.717) is 12.5 Å². The zero-order valence-electron chi connectivity index (χ0n) is 12.3. The molecule has 0 bridgehead atoms. The van der Waals surface area contributed by atoms with Gasteiger partial charge in [0, 0.05) is 30.9 Å². The number of nitrogens with zero attached hydrogens (tertiary/aromatic N) is 1. The zero-order chi connectivity index (χ0) is 14.4. The van der Waals surface area contributed by atoms with E-state index in [4.69, 9.17) is 0 Å². The van der Waals surface area contributed by atoms with E-state index in [9.17, 15) is 5.11 Å². The predicted molar refractivity (Wildman–Crippen MR) is 83.5 cm³/mol. The van der Waals surface area contributed by atoms with E-state index >= 15 is 0 Å². The fourth-order valence-corrected chi connectivity index (χ4v) is 2.70. The Hall–Kier alpha value is -1.45. The summed E-state index contributed by atoms with van der Waals surface area (Å²) in [6.45, 7) is 5.69. The van der Waals surface area contributed by atoms with Crippen molar-refractivity contribution < 1.29 is 5.11 Å². The Morgan fingerprint density at radius 2 is 2.00 bits per heavy atom. The Kier molecular flexibility index (Phi) is 5.50. The molecule has 1 aromatic carbocycles. The summed E-state index contributed by atoms with van der Waals surface area (Å²) < 4.78 is 0. The van der Waals surface area contributed by atoms with Crippen molar-refractivity contribution in [2.75, 3.05) is 6.54 Å².